The van der Waals surface area contributed by atoms with Gasteiger partial charge in [-0.05, 0) is 60.7 Å². The molecular weight excluding hydrogens is 426 g/mol. The maximum absolute atomic E-state index is 11.8. The van der Waals surface area contributed by atoms with E-state index in [1.165, 1.54) is 37.7 Å². The van der Waals surface area contributed by atoms with E-state index < -0.39 is 0 Å². The summed E-state index contributed by atoms with van der Waals surface area (Å²) in [4.78, 5) is 25.0. The molecule has 1 amide bonds. The molecule has 0 saturated heterocycles. The van der Waals surface area contributed by atoms with Crippen molar-refractivity contribution in [3.8, 4) is 11.5 Å². The lowest BCUT2D eigenvalue weighted by molar-refractivity contribution is 0.0958. The number of aromatic nitrogens is 3. The standard InChI is InChI=1S/C27H27N5O2/c1-28-26(33)25-16-23(13-14-29-25)34-22-11-12-24-20(15-22)17-30-27(32-24)31-21-9-7-19(8-10-21)18-5-3-2-4-6-18/h7-18H,2-6H2,1H3,(H,28,33)(H,30,31,32). The molecule has 1 aliphatic carbocycles. The number of fused-ring (bicyclic) bond motifs is 1. The predicted molar refractivity (Wildman–Crippen MR) is 133 cm³/mol. The van der Waals surface area contributed by atoms with Gasteiger partial charge in [0, 0.05) is 36.6 Å². The minimum absolute atomic E-state index is 0.263. The van der Waals surface area contributed by atoms with Gasteiger partial charge in [0.25, 0.3) is 5.91 Å². The molecule has 2 N–H and O–H groups in total. The zero-order chi connectivity index (χ0) is 23.3. The number of carbonyl (C=O) groups is 1. The minimum atomic E-state index is -0.263. The molecule has 0 bridgehead atoms. The highest BCUT2D eigenvalue weighted by atomic mass is 16.5. The molecule has 1 fully saturated rings. The fourth-order valence-electron chi connectivity index (χ4n) is 4.40. The summed E-state index contributed by atoms with van der Waals surface area (Å²) in [6, 6.07) is 17.6. The van der Waals surface area contributed by atoms with Crippen molar-refractivity contribution in [1.82, 2.24) is 20.3 Å². The summed E-state index contributed by atoms with van der Waals surface area (Å²) in [6.45, 7) is 0. The molecule has 1 aliphatic rings. The molecule has 2 aromatic carbocycles. The maximum Gasteiger partial charge on any atom is 0.269 e. The topological polar surface area (TPSA) is 89.0 Å². The number of pyridine rings is 1. The molecule has 0 aliphatic heterocycles. The Balaban J connectivity index is 1.28. The largest absolute Gasteiger partial charge is 0.457 e. The van der Waals surface area contributed by atoms with Crippen LogP contribution in [-0.4, -0.2) is 27.9 Å². The van der Waals surface area contributed by atoms with E-state index in [4.69, 9.17) is 4.74 Å². The molecule has 7 heteroatoms. The van der Waals surface area contributed by atoms with E-state index in [2.05, 4.69) is 49.9 Å². The van der Waals surface area contributed by atoms with Crippen LogP contribution in [0.1, 0.15) is 54.1 Å². The molecule has 1 saturated carbocycles. The van der Waals surface area contributed by atoms with Gasteiger partial charge in [0.1, 0.15) is 17.2 Å². The Kier molecular flexibility index (Phi) is 6.33. The number of nitrogens with zero attached hydrogens (tertiary/aromatic N) is 3. The van der Waals surface area contributed by atoms with E-state index in [9.17, 15) is 4.79 Å². The Labute approximate surface area is 198 Å². The summed E-state index contributed by atoms with van der Waals surface area (Å²) in [6.07, 6.45) is 9.95. The van der Waals surface area contributed by atoms with Crippen LogP contribution in [0.2, 0.25) is 0 Å². The number of amides is 1. The molecule has 4 aromatic rings. The third kappa shape index (κ3) is 4.98. The summed E-state index contributed by atoms with van der Waals surface area (Å²) >= 11 is 0. The lowest BCUT2D eigenvalue weighted by atomic mass is 9.84. The van der Waals surface area contributed by atoms with Gasteiger partial charge in [-0.1, -0.05) is 31.4 Å². The molecule has 0 unspecified atom stereocenters. The Morgan fingerprint density at radius 1 is 0.941 bits per heavy atom. The number of rotatable bonds is 6. The van der Waals surface area contributed by atoms with Crippen molar-refractivity contribution >= 4 is 28.4 Å². The van der Waals surface area contributed by atoms with Gasteiger partial charge >= 0.3 is 0 Å². The van der Waals surface area contributed by atoms with Crippen molar-refractivity contribution in [1.29, 1.82) is 0 Å². The molecule has 2 aromatic heterocycles. The summed E-state index contributed by atoms with van der Waals surface area (Å²) in [5.41, 5.74) is 3.51. The molecule has 34 heavy (non-hydrogen) atoms. The summed E-state index contributed by atoms with van der Waals surface area (Å²) in [7, 11) is 1.57. The van der Waals surface area contributed by atoms with Crippen molar-refractivity contribution in [2.45, 2.75) is 38.0 Å². The molecule has 7 nitrogen and oxygen atoms in total. The number of benzene rings is 2. The van der Waals surface area contributed by atoms with Crippen LogP contribution in [0.25, 0.3) is 10.9 Å². The second-order valence-electron chi connectivity index (χ2n) is 8.55. The molecular formula is C27H27N5O2. The van der Waals surface area contributed by atoms with E-state index >= 15 is 0 Å². The third-order valence-electron chi connectivity index (χ3n) is 6.22. The number of hydrogen-bond acceptors (Lipinski definition) is 6. The SMILES string of the molecule is CNC(=O)c1cc(Oc2ccc3nc(Nc4ccc(C5CCCCC5)cc4)ncc3c2)ccn1. The summed E-state index contributed by atoms with van der Waals surface area (Å²) in [5.74, 6) is 2.14. The van der Waals surface area contributed by atoms with Crippen LogP contribution in [0.15, 0.2) is 67.0 Å². The fraction of sp³-hybridized carbons (Fsp3) is 0.259. The van der Waals surface area contributed by atoms with Crippen molar-refractivity contribution in [2.24, 2.45) is 0 Å². The van der Waals surface area contributed by atoms with Crippen LogP contribution >= 0.6 is 0 Å². The highest BCUT2D eigenvalue weighted by molar-refractivity contribution is 5.92. The summed E-state index contributed by atoms with van der Waals surface area (Å²) < 4.78 is 5.92. The Bertz CT molecular complexity index is 1300. The van der Waals surface area contributed by atoms with Gasteiger partial charge in [-0.25, -0.2) is 9.97 Å². The third-order valence-corrected chi connectivity index (χ3v) is 6.22. The normalized spacial score (nSPS) is 14.0. The van der Waals surface area contributed by atoms with E-state index in [1.54, 1.807) is 31.6 Å². The fourth-order valence-corrected chi connectivity index (χ4v) is 4.40. The zero-order valence-corrected chi connectivity index (χ0v) is 19.1. The molecule has 0 atom stereocenters. The van der Waals surface area contributed by atoms with Crippen LogP contribution in [0, 0.1) is 0 Å². The van der Waals surface area contributed by atoms with Crippen LogP contribution in [0.3, 0.4) is 0 Å². The highest BCUT2D eigenvalue weighted by Gasteiger charge is 2.15. The van der Waals surface area contributed by atoms with Crippen molar-refractivity contribution in [2.75, 3.05) is 12.4 Å². The number of anilines is 2. The Morgan fingerprint density at radius 3 is 2.53 bits per heavy atom. The molecule has 172 valence electrons. The Morgan fingerprint density at radius 2 is 1.74 bits per heavy atom. The van der Waals surface area contributed by atoms with E-state index in [1.807, 2.05) is 18.2 Å². The first-order chi connectivity index (χ1) is 16.7. The second-order valence-corrected chi connectivity index (χ2v) is 8.55. The number of ether oxygens (including phenoxy) is 1. The zero-order valence-electron chi connectivity index (χ0n) is 19.1. The lowest BCUT2D eigenvalue weighted by Gasteiger charge is -2.22. The second kappa shape index (κ2) is 9.87. The van der Waals surface area contributed by atoms with Crippen LogP contribution in [0.4, 0.5) is 11.6 Å². The molecule has 0 radical (unpaired) electrons. The van der Waals surface area contributed by atoms with Gasteiger partial charge in [-0.2, -0.15) is 0 Å². The van der Waals surface area contributed by atoms with Gasteiger partial charge in [0.2, 0.25) is 5.95 Å². The van der Waals surface area contributed by atoms with Gasteiger partial charge < -0.3 is 15.4 Å². The smallest absolute Gasteiger partial charge is 0.269 e. The predicted octanol–water partition coefficient (Wildman–Crippen LogP) is 5.97. The van der Waals surface area contributed by atoms with E-state index in [0.29, 0.717) is 29.1 Å². The van der Waals surface area contributed by atoms with Crippen LogP contribution in [-0.2, 0) is 0 Å². The maximum atomic E-state index is 11.8. The van der Waals surface area contributed by atoms with E-state index in [0.717, 1.165) is 16.6 Å². The van der Waals surface area contributed by atoms with Gasteiger partial charge in [0.15, 0.2) is 0 Å². The van der Waals surface area contributed by atoms with Crippen molar-refractivity contribution in [3.63, 3.8) is 0 Å². The summed E-state index contributed by atoms with van der Waals surface area (Å²) in [5, 5.41) is 6.72. The molecule has 0 spiro atoms. The monoisotopic (exact) mass is 453 g/mol. The number of hydrogen-bond donors (Lipinski definition) is 2. The lowest BCUT2D eigenvalue weighted by Crippen LogP contribution is -2.18. The highest BCUT2D eigenvalue weighted by Crippen LogP contribution is 2.33. The quantitative estimate of drug-likeness (QED) is 0.374. The van der Waals surface area contributed by atoms with Crippen LogP contribution < -0.4 is 15.4 Å². The van der Waals surface area contributed by atoms with Gasteiger partial charge in [0.05, 0.1) is 5.52 Å². The first-order valence-electron chi connectivity index (χ1n) is 11.7. The minimum Gasteiger partial charge on any atom is -0.457 e. The Hall–Kier alpha value is -4.00. The molecule has 2 heterocycles. The first kappa shape index (κ1) is 21.8. The molecule has 5 rings (SSSR count). The van der Waals surface area contributed by atoms with Gasteiger partial charge in [-0.3, -0.25) is 9.78 Å². The van der Waals surface area contributed by atoms with Crippen LogP contribution in [0.5, 0.6) is 11.5 Å². The van der Waals surface area contributed by atoms with Gasteiger partial charge in [-0.15, -0.1) is 0 Å². The average molecular weight is 454 g/mol. The van der Waals surface area contributed by atoms with E-state index in [-0.39, 0.29) is 5.91 Å². The van der Waals surface area contributed by atoms with Crippen molar-refractivity contribution < 1.29 is 9.53 Å². The number of carbonyl (C=O) groups excluding carboxylic acids is 1. The first-order valence-corrected chi connectivity index (χ1v) is 11.7. The van der Waals surface area contributed by atoms with Crippen molar-refractivity contribution in [3.05, 3.63) is 78.2 Å². The number of nitrogens with one attached hydrogen (secondary N) is 2. The average Bonchev–Trinajstić information content (AvgIpc) is 2.89.